The minimum absolute atomic E-state index is 0.612. The molecule has 0 aromatic rings. The number of hydrogen-bond donors (Lipinski definition) is 0. The summed E-state index contributed by atoms with van der Waals surface area (Å²) in [7, 11) is 0. The van der Waals surface area contributed by atoms with Crippen LogP contribution < -0.4 is 0 Å². The maximum atomic E-state index is 12.8. The Morgan fingerprint density at radius 1 is 1.60 bits per heavy atom. The summed E-state index contributed by atoms with van der Waals surface area (Å²) in [6.07, 6.45) is 3.91. The second-order valence-corrected chi connectivity index (χ2v) is 2.55. The predicted molar refractivity (Wildman–Crippen MR) is 38.0 cm³/mol. The lowest BCUT2D eigenvalue weighted by molar-refractivity contribution is 0.317. The van der Waals surface area contributed by atoms with Crippen LogP contribution in [0.4, 0.5) is 4.39 Å². The van der Waals surface area contributed by atoms with Gasteiger partial charge in [-0.3, -0.25) is 0 Å². The van der Waals surface area contributed by atoms with E-state index in [2.05, 4.69) is 4.85 Å². The molecule has 0 saturated heterocycles. The average molecular weight is 139 g/mol. The monoisotopic (exact) mass is 139 g/mol. The summed E-state index contributed by atoms with van der Waals surface area (Å²) in [5.74, 6) is 0. The number of hydrogen-bond acceptors (Lipinski definition) is 0. The highest BCUT2D eigenvalue weighted by Crippen LogP contribution is 2.25. The molecular weight excluding hydrogens is 129 g/mol. The van der Waals surface area contributed by atoms with E-state index in [-0.39, 0.29) is 0 Å². The van der Waals surface area contributed by atoms with Gasteiger partial charge in [-0.15, -0.1) is 0 Å². The zero-order valence-electron chi connectivity index (χ0n) is 5.81. The molecule has 0 aromatic heterocycles. The summed E-state index contributed by atoms with van der Waals surface area (Å²) in [4.78, 5) is 3.06. The van der Waals surface area contributed by atoms with E-state index in [1.54, 1.807) is 0 Å². The third-order valence-electron chi connectivity index (χ3n) is 1.81. The van der Waals surface area contributed by atoms with Gasteiger partial charge in [-0.2, -0.15) is 0 Å². The number of halogens is 1. The first kappa shape index (κ1) is 7.27. The van der Waals surface area contributed by atoms with Crippen molar-refractivity contribution in [3.05, 3.63) is 23.2 Å². The second kappa shape index (κ2) is 3.36. The van der Waals surface area contributed by atoms with Crippen LogP contribution in [0.15, 0.2) is 11.8 Å². The normalized spacial score (nSPS) is 30.0. The van der Waals surface area contributed by atoms with E-state index >= 15 is 0 Å². The van der Waals surface area contributed by atoms with Crippen molar-refractivity contribution in [3.8, 4) is 0 Å². The van der Waals surface area contributed by atoms with Crippen LogP contribution in [-0.2, 0) is 0 Å². The van der Waals surface area contributed by atoms with Crippen molar-refractivity contribution >= 4 is 0 Å². The van der Waals surface area contributed by atoms with Crippen LogP contribution in [0.1, 0.15) is 25.7 Å². The van der Waals surface area contributed by atoms with Crippen LogP contribution in [0.5, 0.6) is 0 Å². The van der Waals surface area contributed by atoms with Gasteiger partial charge < -0.3 is 0 Å². The van der Waals surface area contributed by atoms with Gasteiger partial charge in [-0.1, -0.05) is 12.8 Å². The van der Waals surface area contributed by atoms with Gasteiger partial charge in [-0.05, 0) is 18.4 Å². The summed E-state index contributed by atoms with van der Waals surface area (Å²) >= 11 is 0. The van der Waals surface area contributed by atoms with Crippen molar-refractivity contribution in [1.29, 1.82) is 0 Å². The summed E-state index contributed by atoms with van der Waals surface area (Å²) < 4.78 is 12.8. The van der Waals surface area contributed by atoms with E-state index in [4.69, 9.17) is 6.57 Å². The van der Waals surface area contributed by atoms with Crippen LogP contribution in [0.3, 0.4) is 0 Å². The topological polar surface area (TPSA) is 4.36 Å². The quantitative estimate of drug-likeness (QED) is 0.454. The van der Waals surface area contributed by atoms with Crippen molar-refractivity contribution in [2.75, 3.05) is 0 Å². The molecule has 54 valence electrons. The molecule has 1 atom stereocenters. The summed E-state index contributed by atoms with van der Waals surface area (Å²) in [5.41, 5.74) is 0.696. The zero-order chi connectivity index (χ0) is 7.40. The lowest BCUT2D eigenvalue weighted by atomic mass is 9.94. The molecule has 0 N–H and O–H groups in total. The average Bonchev–Trinajstić information content (AvgIpc) is 1.94. The van der Waals surface area contributed by atoms with Gasteiger partial charge in [0.15, 0.2) is 6.20 Å². The summed E-state index contributed by atoms with van der Waals surface area (Å²) in [6.45, 7) is 6.51. The fraction of sp³-hybridized carbons (Fsp3) is 0.625. The number of rotatable bonds is 0. The molecule has 1 saturated carbocycles. The Morgan fingerprint density at radius 3 is 3.00 bits per heavy atom. The molecule has 1 fully saturated rings. The first-order chi connectivity index (χ1) is 4.84. The first-order valence-corrected chi connectivity index (χ1v) is 3.54. The maximum Gasteiger partial charge on any atom is 0.156 e. The molecular formula is C8H10FN. The molecule has 0 aliphatic heterocycles. The van der Waals surface area contributed by atoms with Crippen molar-refractivity contribution in [2.45, 2.75) is 31.9 Å². The van der Waals surface area contributed by atoms with E-state index < -0.39 is 6.17 Å². The van der Waals surface area contributed by atoms with Crippen LogP contribution >= 0.6 is 0 Å². The smallest absolute Gasteiger partial charge is 0.156 e. The Labute approximate surface area is 60.4 Å². The van der Waals surface area contributed by atoms with Crippen molar-refractivity contribution in [1.82, 2.24) is 0 Å². The Balaban J connectivity index is 2.58. The SMILES string of the molecule is [C-]#[N+]C=C1CCCCC1F. The van der Waals surface area contributed by atoms with E-state index in [0.29, 0.717) is 12.0 Å². The van der Waals surface area contributed by atoms with Gasteiger partial charge in [0.25, 0.3) is 0 Å². The molecule has 10 heavy (non-hydrogen) atoms. The second-order valence-electron chi connectivity index (χ2n) is 2.55. The molecule has 0 spiro atoms. The molecule has 1 aliphatic carbocycles. The van der Waals surface area contributed by atoms with E-state index in [0.717, 1.165) is 19.3 Å². The lowest BCUT2D eigenvalue weighted by Crippen LogP contribution is -2.09. The molecule has 1 rings (SSSR count). The Morgan fingerprint density at radius 2 is 2.40 bits per heavy atom. The van der Waals surface area contributed by atoms with Crippen molar-refractivity contribution in [3.63, 3.8) is 0 Å². The van der Waals surface area contributed by atoms with Crippen molar-refractivity contribution in [2.24, 2.45) is 0 Å². The van der Waals surface area contributed by atoms with E-state index in [1.807, 2.05) is 0 Å². The number of alkyl halides is 1. The fourth-order valence-corrected chi connectivity index (χ4v) is 1.22. The van der Waals surface area contributed by atoms with Crippen LogP contribution in [0.25, 0.3) is 4.85 Å². The lowest BCUT2D eigenvalue weighted by Gasteiger charge is -2.17. The highest BCUT2D eigenvalue weighted by molar-refractivity contribution is 5.13. The third kappa shape index (κ3) is 1.57. The van der Waals surface area contributed by atoms with E-state index in [9.17, 15) is 4.39 Å². The Kier molecular flexibility index (Phi) is 2.44. The first-order valence-electron chi connectivity index (χ1n) is 3.54. The molecule has 0 radical (unpaired) electrons. The largest absolute Gasteiger partial charge is 0.246 e. The molecule has 0 aromatic carbocycles. The van der Waals surface area contributed by atoms with Crippen LogP contribution in [-0.4, -0.2) is 6.17 Å². The number of allylic oxidation sites excluding steroid dienone is 1. The maximum absolute atomic E-state index is 12.8. The van der Waals surface area contributed by atoms with Gasteiger partial charge >= 0.3 is 0 Å². The van der Waals surface area contributed by atoms with Gasteiger partial charge in [0.1, 0.15) is 6.17 Å². The molecule has 1 aliphatic rings. The predicted octanol–water partition coefficient (Wildman–Crippen LogP) is 2.70. The minimum atomic E-state index is -0.831. The fourth-order valence-electron chi connectivity index (χ4n) is 1.22. The number of nitrogens with zero attached hydrogens (tertiary/aromatic N) is 1. The van der Waals surface area contributed by atoms with Crippen LogP contribution in [0, 0.1) is 6.57 Å². The van der Waals surface area contributed by atoms with Gasteiger partial charge in [0, 0.05) is 0 Å². The zero-order valence-corrected chi connectivity index (χ0v) is 5.81. The highest BCUT2D eigenvalue weighted by atomic mass is 19.1. The molecule has 1 nitrogen and oxygen atoms in total. The van der Waals surface area contributed by atoms with Crippen LogP contribution in [0.2, 0.25) is 0 Å². The minimum Gasteiger partial charge on any atom is -0.246 e. The molecule has 0 amide bonds. The highest BCUT2D eigenvalue weighted by Gasteiger charge is 2.16. The van der Waals surface area contributed by atoms with Gasteiger partial charge in [-0.25, -0.2) is 9.24 Å². The molecule has 1 unspecified atom stereocenters. The van der Waals surface area contributed by atoms with E-state index in [1.165, 1.54) is 6.20 Å². The van der Waals surface area contributed by atoms with Gasteiger partial charge in [0.05, 0.1) is 6.57 Å². The molecule has 2 heteroatoms. The third-order valence-corrected chi connectivity index (χ3v) is 1.81. The summed E-state index contributed by atoms with van der Waals surface area (Å²) in [6, 6.07) is 0. The molecule has 0 bridgehead atoms. The Hall–Kier alpha value is -0.840. The van der Waals surface area contributed by atoms with Crippen molar-refractivity contribution < 1.29 is 4.39 Å². The standard InChI is InChI=1S/C8H10FN/c1-10-6-7-4-2-3-5-8(7)9/h6,8H,2-5H2. The Bertz CT molecular complexity index is 178. The molecule has 0 heterocycles. The summed E-state index contributed by atoms with van der Waals surface area (Å²) in [5, 5.41) is 0. The van der Waals surface area contributed by atoms with Gasteiger partial charge in [0.2, 0.25) is 0 Å².